The predicted molar refractivity (Wildman–Crippen MR) is 179 cm³/mol. The number of alkyl halides is 24. The Morgan fingerprint density at radius 1 is 0.309 bits per heavy atom. The van der Waals surface area contributed by atoms with E-state index in [1.165, 1.54) is 13.8 Å². The van der Waals surface area contributed by atoms with E-state index in [4.69, 9.17) is 0 Å². The molecule has 0 atom stereocenters. The van der Waals surface area contributed by atoms with E-state index < -0.39 is 157 Å². The number of Topliss-reactive ketones (excluding diaryl/α,β-unsaturated/α-hetero) is 2. The van der Waals surface area contributed by atoms with Crippen molar-refractivity contribution in [2.24, 2.45) is 0 Å². The van der Waals surface area contributed by atoms with Crippen molar-refractivity contribution in [3.8, 4) is 0 Å². The van der Waals surface area contributed by atoms with Gasteiger partial charge in [0.05, 0.1) is 0 Å². The molecule has 0 amide bonds. The number of halogens is 24. The third kappa shape index (κ3) is 55.2. The van der Waals surface area contributed by atoms with Crippen molar-refractivity contribution in [1.29, 1.82) is 0 Å². The third-order valence-corrected chi connectivity index (χ3v) is 11.0. The Bertz CT molecular complexity index is 1460. The average Bonchev–Trinajstić information content (AvgIpc) is 3.10. The third-order valence-electron chi connectivity index (χ3n) is 5.08. The van der Waals surface area contributed by atoms with Gasteiger partial charge >= 0.3 is 79.8 Å². The van der Waals surface area contributed by atoms with E-state index in [1.54, 1.807) is 0 Å². The van der Waals surface area contributed by atoms with Gasteiger partial charge in [0.2, 0.25) is 0 Å². The van der Waals surface area contributed by atoms with Crippen LogP contribution in [0.3, 0.4) is 0 Å². The van der Waals surface area contributed by atoms with Crippen molar-refractivity contribution in [1.82, 2.24) is 0 Å². The maximum absolute atomic E-state index is 11.9. The number of carbonyl (C=O) groups excluding carboxylic acids is 2. The van der Waals surface area contributed by atoms with Crippen LogP contribution in [0.4, 0.5) is 105 Å². The van der Waals surface area contributed by atoms with Gasteiger partial charge in [0, 0.05) is 26.2 Å². The maximum Gasteiger partial charge on any atom is 0.412 e. The molecule has 0 aliphatic rings. The van der Waals surface area contributed by atoms with Crippen molar-refractivity contribution in [2.45, 2.75) is 76.1 Å². The minimum Gasteiger partial charge on any atom is -0.299 e. The van der Waals surface area contributed by atoms with Crippen molar-refractivity contribution < 1.29 is 169 Å². The molecule has 412 valence electrons. The zero-order chi connectivity index (χ0) is 55.3. The molecule has 0 aromatic rings. The fraction of sp³-hybridized carbons (Fsp3) is 0.923. The second-order valence-electron chi connectivity index (χ2n) is 12.0. The molecule has 0 heterocycles. The Labute approximate surface area is 366 Å². The van der Waals surface area contributed by atoms with E-state index in [1.807, 2.05) is 0 Å². The first-order valence-electron chi connectivity index (χ1n) is 16.6. The molecule has 0 aromatic carbocycles. The number of carbonyl (C=O) groups is 2. The smallest absolute Gasteiger partial charge is 0.299 e. The Balaban J connectivity index is -0.000000404. The van der Waals surface area contributed by atoms with Crippen LogP contribution >= 0.6 is 30.4 Å². The minimum atomic E-state index is -4.90. The summed E-state index contributed by atoms with van der Waals surface area (Å²) in [5, 5.41) is 0. The highest BCUT2D eigenvalue weighted by atomic mass is 31.2. The molecule has 0 saturated heterocycles. The molecule has 68 heavy (non-hydrogen) atoms. The molecule has 42 heteroatoms. The van der Waals surface area contributed by atoms with E-state index in [2.05, 4.69) is 36.2 Å². The van der Waals surface area contributed by atoms with Crippen LogP contribution in [0.15, 0.2) is 0 Å². The molecule has 0 bridgehead atoms. The van der Waals surface area contributed by atoms with Crippen molar-refractivity contribution in [3.05, 3.63) is 0 Å². The van der Waals surface area contributed by atoms with Crippen LogP contribution in [0.1, 0.15) is 26.7 Å². The van der Waals surface area contributed by atoms with Gasteiger partial charge in [0.25, 0.3) is 0 Å². The van der Waals surface area contributed by atoms with Gasteiger partial charge in [0.15, 0.2) is 52.9 Å². The number of hydrogen-bond donors (Lipinski definition) is 0. The topological polar surface area (TPSA) is 176 Å². The second kappa shape index (κ2) is 29.1. The molecule has 0 fully saturated rings. The van der Waals surface area contributed by atoms with Crippen LogP contribution in [-0.4, -0.2) is 139 Å². The van der Waals surface area contributed by atoms with E-state index >= 15 is 0 Å². The first-order chi connectivity index (χ1) is 29.6. The lowest BCUT2D eigenvalue weighted by Crippen LogP contribution is -2.22. The molecule has 0 saturated carbocycles. The molecule has 0 aliphatic heterocycles. The van der Waals surface area contributed by atoms with Crippen molar-refractivity contribution in [3.63, 3.8) is 0 Å². The standard InChI is InChI=1S/2C8H11F6O4P.2C5H7F6O3P/c2*1-2-6(15)3-19(16,17-4-7(9,10)11)18-5-8(12,13)14;2*1-15(12,13-2-4(6,7)8)14-3-5(9,10)11/h2*2-5H2,1H3;2*2-3H2,1H3. The van der Waals surface area contributed by atoms with Gasteiger partial charge in [-0.3, -0.25) is 64.0 Å². The summed E-state index contributed by atoms with van der Waals surface area (Å²) in [5.74, 6) is -1.65. The summed E-state index contributed by atoms with van der Waals surface area (Å²) in [6.07, 6.45) is -41.4. The summed E-state index contributed by atoms with van der Waals surface area (Å²) in [5.41, 5.74) is 0. The van der Waals surface area contributed by atoms with Gasteiger partial charge < -0.3 is 0 Å². The summed E-state index contributed by atoms with van der Waals surface area (Å²) in [7, 11) is -18.2. The largest absolute Gasteiger partial charge is 0.412 e. The van der Waals surface area contributed by atoms with Gasteiger partial charge in [-0.05, 0) is 0 Å². The van der Waals surface area contributed by atoms with Gasteiger partial charge in [-0.15, -0.1) is 0 Å². The molecule has 0 N–H and O–H groups in total. The Hall–Kier alpha value is -1.74. The summed E-state index contributed by atoms with van der Waals surface area (Å²) >= 11 is 0. The zero-order valence-corrected chi connectivity index (χ0v) is 37.6. The average molecular weight is 1150 g/mol. The normalized spacial score (nSPS) is 13.9. The quantitative estimate of drug-likeness (QED) is 0.0739. The predicted octanol–water partition coefficient (Wildman–Crippen LogP) is 12.6. The highest BCUT2D eigenvalue weighted by Crippen LogP contribution is 2.52. The zero-order valence-electron chi connectivity index (χ0n) is 34.1. The summed E-state index contributed by atoms with van der Waals surface area (Å²) in [4.78, 5) is 22.0. The molecular formula is C26H36F24O14P4. The molecule has 0 rings (SSSR count). The van der Waals surface area contributed by atoms with Gasteiger partial charge in [0.1, 0.15) is 23.9 Å². The van der Waals surface area contributed by atoms with Gasteiger partial charge in [-0.2, -0.15) is 105 Å². The molecule has 14 nitrogen and oxygen atoms in total. The van der Waals surface area contributed by atoms with E-state index in [-0.39, 0.29) is 12.8 Å². The molecule has 0 spiro atoms. The first-order valence-corrected chi connectivity index (χ1v) is 24.1. The summed E-state index contributed by atoms with van der Waals surface area (Å²) < 4.78 is 356. The molecular weight excluding hydrogens is 1120 g/mol. The minimum absolute atomic E-state index is 0.214. The Kier molecular flexibility index (Phi) is 31.1. The van der Waals surface area contributed by atoms with Crippen LogP contribution < -0.4 is 0 Å². The lowest BCUT2D eigenvalue weighted by Gasteiger charge is -2.19. The van der Waals surface area contributed by atoms with Crippen LogP contribution in [0, 0.1) is 0 Å². The fourth-order valence-electron chi connectivity index (χ4n) is 2.44. The highest BCUT2D eigenvalue weighted by Gasteiger charge is 2.42. The van der Waals surface area contributed by atoms with Crippen LogP contribution in [0.5, 0.6) is 0 Å². The Morgan fingerprint density at radius 2 is 0.441 bits per heavy atom. The number of ketones is 2. The van der Waals surface area contributed by atoms with Crippen molar-refractivity contribution >= 4 is 41.9 Å². The maximum atomic E-state index is 11.9. The molecule has 0 radical (unpaired) electrons. The van der Waals surface area contributed by atoms with E-state index in [9.17, 15) is 133 Å². The number of hydrogen-bond acceptors (Lipinski definition) is 14. The number of rotatable bonds is 22. The monoisotopic (exact) mass is 1150 g/mol. The summed E-state index contributed by atoms with van der Waals surface area (Å²) in [6.45, 7) is -12.2. The second-order valence-corrected chi connectivity index (χ2v) is 20.2. The first kappa shape index (κ1) is 72.8. The fourth-order valence-corrected chi connectivity index (χ4v) is 7.31. The van der Waals surface area contributed by atoms with Gasteiger partial charge in [-0.1, -0.05) is 13.8 Å². The SMILES string of the molecule is CCC(=O)CP(=O)(OCC(F)(F)F)OCC(F)(F)F.CCC(=O)CP(=O)(OCC(F)(F)F)OCC(F)(F)F.CP(=O)(OCC(F)(F)F)OCC(F)(F)F.CP(=O)(OCC(F)(F)F)OCC(F)(F)F. The van der Waals surface area contributed by atoms with E-state index in [0.29, 0.717) is 13.3 Å². The van der Waals surface area contributed by atoms with Crippen molar-refractivity contribution in [2.75, 3.05) is 78.5 Å². The van der Waals surface area contributed by atoms with E-state index in [0.717, 1.165) is 0 Å². The highest BCUT2D eigenvalue weighted by molar-refractivity contribution is 7.55. The lowest BCUT2D eigenvalue weighted by molar-refractivity contribution is -0.166. The van der Waals surface area contributed by atoms with Crippen LogP contribution in [0.25, 0.3) is 0 Å². The lowest BCUT2D eigenvalue weighted by atomic mass is 10.4. The van der Waals surface area contributed by atoms with Gasteiger partial charge in [-0.25, -0.2) is 0 Å². The van der Waals surface area contributed by atoms with Crippen LogP contribution in [0.2, 0.25) is 0 Å². The molecule has 0 unspecified atom stereocenters. The summed E-state index contributed by atoms with van der Waals surface area (Å²) in [6, 6.07) is 0. The van der Waals surface area contributed by atoms with Crippen LogP contribution in [-0.2, 0) is 64.0 Å². The molecule has 0 aliphatic carbocycles. The molecule has 0 aromatic heterocycles. The Morgan fingerprint density at radius 3 is 0.559 bits per heavy atom.